The summed E-state index contributed by atoms with van der Waals surface area (Å²) in [6, 6.07) is -4.99. The number of hydrogen-bond acceptors (Lipinski definition) is 8. The molecule has 0 heterocycles. The van der Waals surface area contributed by atoms with Crippen LogP contribution in [0.15, 0.2) is 0 Å². The maximum Gasteiger partial charge on any atom is 0.328 e. The van der Waals surface area contributed by atoms with Crippen LogP contribution in [-0.4, -0.2) is 81.6 Å². The highest BCUT2D eigenvalue weighted by molar-refractivity contribution is 7.80. The lowest BCUT2D eigenvalue weighted by Crippen LogP contribution is -2.60. The van der Waals surface area contributed by atoms with E-state index in [9.17, 15) is 24.3 Å². The van der Waals surface area contributed by atoms with Gasteiger partial charge in [0.1, 0.15) is 18.1 Å². The Balaban J connectivity index is 5.30. The Morgan fingerprint density at radius 1 is 1.00 bits per heavy atom. The van der Waals surface area contributed by atoms with Crippen LogP contribution in [0.3, 0.4) is 0 Å². The third kappa shape index (κ3) is 8.00. The molecule has 0 saturated carbocycles. The lowest BCUT2D eigenvalue weighted by atomic mass is 9.97. The van der Waals surface area contributed by atoms with Gasteiger partial charge in [0.2, 0.25) is 17.7 Å². The minimum Gasteiger partial charge on any atom is -0.480 e. The van der Waals surface area contributed by atoms with E-state index in [1.807, 2.05) is 0 Å². The average Bonchev–Trinajstić information content (AvgIpc) is 2.65. The van der Waals surface area contributed by atoms with Crippen LogP contribution in [0.2, 0.25) is 0 Å². The fourth-order valence-electron chi connectivity index (χ4n) is 2.14. The highest BCUT2D eigenvalue weighted by Gasteiger charge is 2.33. The molecular weight excluding hydrogens is 392 g/mol. The van der Waals surface area contributed by atoms with E-state index < -0.39 is 60.6 Å². The molecule has 0 aromatic carbocycles. The molecule has 0 aromatic heterocycles. The van der Waals surface area contributed by atoms with Crippen molar-refractivity contribution < 1.29 is 34.5 Å². The molecule has 6 unspecified atom stereocenters. The summed E-state index contributed by atoms with van der Waals surface area (Å²) < 4.78 is 0. The van der Waals surface area contributed by atoms with Gasteiger partial charge in [-0.05, 0) is 12.8 Å². The van der Waals surface area contributed by atoms with Crippen LogP contribution in [0.4, 0.5) is 0 Å². The van der Waals surface area contributed by atoms with E-state index in [0.717, 1.165) is 0 Å². The van der Waals surface area contributed by atoms with Gasteiger partial charge in [0.05, 0.1) is 12.7 Å². The lowest BCUT2D eigenvalue weighted by Gasteiger charge is -2.28. The van der Waals surface area contributed by atoms with Gasteiger partial charge < -0.3 is 37.0 Å². The Bertz CT molecular complexity index is 561. The molecule has 0 radical (unpaired) electrons. The van der Waals surface area contributed by atoms with E-state index in [0.29, 0.717) is 6.42 Å². The third-order valence-corrected chi connectivity index (χ3v) is 4.55. The average molecular weight is 423 g/mol. The van der Waals surface area contributed by atoms with Crippen molar-refractivity contribution >= 4 is 36.3 Å². The van der Waals surface area contributed by atoms with Gasteiger partial charge in [-0.15, -0.1) is 0 Å². The number of hydrogen-bond donors (Lipinski definition) is 8. The fraction of sp³-hybridized carbons (Fsp3) is 0.750. The topological polar surface area (TPSA) is 191 Å². The molecule has 11 nitrogen and oxygen atoms in total. The number of aliphatic hydroxyl groups is 2. The molecule has 0 aromatic rings. The molecule has 8 N–H and O–H groups in total. The minimum atomic E-state index is -1.54. The van der Waals surface area contributed by atoms with Gasteiger partial charge in [-0.1, -0.05) is 20.3 Å². The molecule has 6 atom stereocenters. The number of aliphatic carboxylic acids is 1. The SMILES string of the molecule is CCC(C)C(NC(=O)C(CS)NC(=O)C(N)CO)C(=O)NC(C(=O)O)C(C)O. The minimum absolute atomic E-state index is 0.101. The molecule has 12 heteroatoms. The second-order valence-electron chi connectivity index (χ2n) is 6.47. The van der Waals surface area contributed by atoms with Crippen LogP contribution < -0.4 is 21.7 Å². The molecule has 0 aliphatic heterocycles. The van der Waals surface area contributed by atoms with Crippen molar-refractivity contribution in [2.24, 2.45) is 11.7 Å². The van der Waals surface area contributed by atoms with Crippen molar-refractivity contribution in [2.75, 3.05) is 12.4 Å². The number of aliphatic hydroxyl groups excluding tert-OH is 2. The molecule has 0 spiro atoms. The van der Waals surface area contributed by atoms with Crippen molar-refractivity contribution in [1.82, 2.24) is 16.0 Å². The van der Waals surface area contributed by atoms with Gasteiger partial charge in [0, 0.05) is 5.75 Å². The largest absolute Gasteiger partial charge is 0.480 e. The number of carboxylic acid groups (broad SMARTS) is 1. The van der Waals surface area contributed by atoms with Gasteiger partial charge in [-0.25, -0.2) is 4.79 Å². The van der Waals surface area contributed by atoms with E-state index in [-0.39, 0.29) is 11.7 Å². The Kier molecular flexibility index (Phi) is 11.7. The monoisotopic (exact) mass is 422 g/mol. The van der Waals surface area contributed by atoms with E-state index in [2.05, 4.69) is 28.6 Å². The smallest absolute Gasteiger partial charge is 0.328 e. The summed E-state index contributed by atoms with van der Waals surface area (Å²) in [4.78, 5) is 48.0. The second-order valence-corrected chi connectivity index (χ2v) is 6.83. The summed E-state index contributed by atoms with van der Waals surface area (Å²) in [6.07, 6.45) is -0.864. The molecule has 0 fully saturated rings. The van der Waals surface area contributed by atoms with Crippen molar-refractivity contribution in [3.63, 3.8) is 0 Å². The summed E-state index contributed by atoms with van der Waals surface area (Å²) in [7, 11) is 0. The summed E-state index contributed by atoms with van der Waals surface area (Å²) in [5, 5.41) is 34.5. The summed E-state index contributed by atoms with van der Waals surface area (Å²) >= 11 is 4.00. The standard InChI is InChI=1S/C16H30N4O7S/c1-4-7(2)11(15(25)20-12(8(3)22)16(26)27)19-14(24)10(6-28)18-13(23)9(17)5-21/h7-12,21-22,28H,4-6,17H2,1-3H3,(H,18,23)(H,19,24)(H,20,25)(H,26,27). The maximum absolute atomic E-state index is 12.5. The summed E-state index contributed by atoms with van der Waals surface area (Å²) in [5.74, 6) is -4.17. The first-order valence-electron chi connectivity index (χ1n) is 8.79. The number of nitrogens with one attached hydrogen (secondary N) is 3. The molecule has 0 aliphatic carbocycles. The first-order valence-corrected chi connectivity index (χ1v) is 9.42. The van der Waals surface area contributed by atoms with Crippen LogP contribution in [-0.2, 0) is 19.2 Å². The number of thiol groups is 1. The maximum atomic E-state index is 12.5. The second kappa shape index (κ2) is 12.5. The van der Waals surface area contributed by atoms with E-state index >= 15 is 0 Å². The fourth-order valence-corrected chi connectivity index (χ4v) is 2.40. The number of carboxylic acids is 1. The highest BCUT2D eigenvalue weighted by Crippen LogP contribution is 2.10. The molecule has 3 amide bonds. The van der Waals surface area contributed by atoms with Crippen molar-refractivity contribution in [3.05, 3.63) is 0 Å². The van der Waals surface area contributed by atoms with Gasteiger partial charge in [-0.3, -0.25) is 14.4 Å². The van der Waals surface area contributed by atoms with Gasteiger partial charge in [0.25, 0.3) is 0 Å². The molecule has 162 valence electrons. The number of carbonyl (C=O) groups excluding carboxylic acids is 3. The van der Waals surface area contributed by atoms with E-state index in [4.69, 9.17) is 15.9 Å². The normalized spacial score (nSPS) is 17.4. The number of rotatable bonds is 12. The molecule has 28 heavy (non-hydrogen) atoms. The number of nitrogens with two attached hydrogens (primary N) is 1. The summed E-state index contributed by atoms with van der Waals surface area (Å²) in [6.45, 7) is 4.06. The van der Waals surface area contributed by atoms with Crippen LogP contribution in [0.5, 0.6) is 0 Å². The summed E-state index contributed by atoms with van der Waals surface area (Å²) in [5.41, 5.74) is 5.39. The van der Waals surface area contributed by atoms with Crippen LogP contribution >= 0.6 is 12.6 Å². The number of amides is 3. The Morgan fingerprint density at radius 2 is 1.54 bits per heavy atom. The van der Waals surface area contributed by atoms with Crippen molar-refractivity contribution in [1.29, 1.82) is 0 Å². The zero-order valence-corrected chi connectivity index (χ0v) is 17.0. The van der Waals surface area contributed by atoms with Gasteiger partial charge in [-0.2, -0.15) is 12.6 Å². The molecule has 0 rings (SSSR count). The van der Waals surface area contributed by atoms with E-state index in [1.54, 1.807) is 13.8 Å². The quantitative estimate of drug-likeness (QED) is 0.155. The molecule has 0 bridgehead atoms. The van der Waals surface area contributed by atoms with Crippen LogP contribution in [0.1, 0.15) is 27.2 Å². The highest BCUT2D eigenvalue weighted by atomic mass is 32.1. The number of carbonyl (C=O) groups is 4. The zero-order valence-electron chi connectivity index (χ0n) is 16.1. The Labute approximate surface area is 168 Å². The van der Waals surface area contributed by atoms with Crippen LogP contribution in [0, 0.1) is 5.92 Å². The first kappa shape index (κ1) is 26.1. The van der Waals surface area contributed by atoms with Crippen LogP contribution in [0.25, 0.3) is 0 Å². The van der Waals surface area contributed by atoms with Gasteiger partial charge in [0.15, 0.2) is 6.04 Å². The first-order chi connectivity index (χ1) is 13.0. The van der Waals surface area contributed by atoms with Crippen molar-refractivity contribution in [2.45, 2.75) is 57.5 Å². The Morgan fingerprint density at radius 3 is 1.93 bits per heavy atom. The predicted molar refractivity (Wildman–Crippen MR) is 103 cm³/mol. The van der Waals surface area contributed by atoms with Crippen molar-refractivity contribution in [3.8, 4) is 0 Å². The van der Waals surface area contributed by atoms with E-state index in [1.165, 1.54) is 6.92 Å². The predicted octanol–water partition coefficient (Wildman–Crippen LogP) is -2.80. The lowest BCUT2D eigenvalue weighted by molar-refractivity contribution is -0.145. The Hall–Kier alpha value is -1.89. The molecule has 0 aliphatic rings. The zero-order chi connectivity index (χ0) is 22.0. The third-order valence-electron chi connectivity index (χ3n) is 4.19. The molecular formula is C16H30N4O7S. The molecule has 0 saturated heterocycles. The van der Waals surface area contributed by atoms with Gasteiger partial charge >= 0.3 is 5.97 Å².